The second-order valence-corrected chi connectivity index (χ2v) is 21.1. The van der Waals surface area contributed by atoms with Crippen LogP contribution in [0.25, 0.3) is 0 Å². The van der Waals surface area contributed by atoms with Crippen LogP contribution in [0.4, 0.5) is 0 Å². The lowest BCUT2D eigenvalue weighted by Gasteiger charge is -2.38. The summed E-state index contributed by atoms with van der Waals surface area (Å²) in [5, 5.41) is 1.45. The van der Waals surface area contributed by atoms with Gasteiger partial charge in [-0.15, -0.1) is 13.2 Å². The Morgan fingerprint density at radius 1 is 1.25 bits per heavy atom. The summed E-state index contributed by atoms with van der Waals surface area (Å²) in [5.74, 6) is 0. The zero-order valence-corrected chi connectivity index (χ0v) is 11.2. The number of hydrogen-bond acceptors (Lipinski definition) is 0. The standard InChI is InChI=1S/C10H22Si2/c1-8-9-12(7,10(2)3)11(4,5)6/h8H,1-2,9H2,3-7H3. The third kappa shape index (κ3) is 2.20. The maximum atomic E-state index is 4.16. The van der Waals surface area contributed by atoms with Crippen molar-refractivity contribution in [1.82, 2.24) is 0 Å². The van der Waals surface area contributed by atoms with E-state index in [1.165, 1.54) is 11.2 Å². The van der Waals surface area contributed by atoms with Gasteiger partial charge in [0.1, 0.15) is 0 Å². The first-order chi connectivity index (χ1) is 5.25. The molecule has 0 nitrogen and oxygen atoms in total. The Kier molecular flexibility index (Phi) is 3.72. The van der Waals surface area contributed by atoms with E-state index in [1.54, 1.807) is 0 Å². The molecule has 0 radical (unpaired) electrons. The van der Waals surface area contributed by atoms with Crippen LogP contribution in [-0.4, -0.2) is 15.2 Å². The second-order valence-electron chi connectivity index (χ2n) is 4.86. The Hall–Kier alpha value is -0.0862. The molecule has 0 N–H and O–H groups in total. The van der Waals surface area contributed by atoms with Gasteiger partial charge in [-0.3, -0.25) is 0 Å². The van der Waals surface area contributed by atoms with E-state index in [1.807, 2.05) is 0 Å². The third-order valence-corrected chi connectivity index (χ3v) is 21.3. The summed E-state index contributed by atoms with van der Waals surface area (Å²) in [6.45, 7) is 20.0. The lowest BCUT2D eigenvalue weighted by Crippen LogP contribution is -2.55. The van der Waals surface area contributed by atoms with Gasteiger partial charge in [-0.25, -0.2) is 0 Å². The molecule has 0 rings (SSSR count). The van der Waals surface area contributed by atoms with E-state index in [9.17, 15) is 0 Å². The zero-order chi connectivity index (χ0) is 9.99. The van der Waals surface area contributed by atoms with Gasteiger partial charge in [-0.1, -0.05) is 37.5 Å². The highest BCUT2D eigenvalue weighted by molar-refractivity contribution is 7.43. The van der Waals surface area contributed by atoms with Crippen molar-refractivity contribution in [3.8, 4) is 0 Å². The Morgan fingerprint density at radius 2 is 1.67 bits per heavy atom. The maximum Gasteiger partial charge on any atom is 0.0740 e. The minimum Gasteiger partial charge on any atom is -0.104 e. The number of rotatable bonds is 4. The fourth-order valence-corrected chi connectivity index (χ4v) is 10.3. The van der Waals surface area contributed by atoms with Crippen molar-refractivity contribution in [1.29, 1.82) is 0 Å². The molecule has 0 aromatic carbocycles. The molecule has 0 amide bonds. The van der Waals surface area contributed by atoms with Crippen LogP contribution >= 0.6 is 0 Å². The second kappa shape index (κ2) is 3.75. The van der Waals surface area contributed by atoms with E-state index in [2.05, 4.69) is 52.3 Å². The number of allylic oxidation sites excluding steroid dienone is 2. The molecule has 0 fully saturated rings. The van der Waals surface area contributed by atoms with E-state index in [-0.39, 0.29) is 0 Å². The Bertz CT molecular complexity index is 189. The molecule has 2 heteroatoms. The molecule has 1 unspecified atom stereocenters. The van der Waals surface area contributed by atoms with Crippen molar-refractivity contribution in [2.75, 3.05) is 0 Å². The summed E-state index contributed by atoms with van der Waals surface area (Å²) in [4.78, 5) is 0. The lowest BCUT2D eigenvalue weighted by molar-refractivity contribution is 1.49. The molecular weight excluding hydrogens is 176 g/mol. The highest BCUT2D eigenvalue weighted by Gasteiger charge is 2.40. The fourth-order valence-electron chi connectivity index (χ4n) is 1.41. The minimum atomic E-state index is -1.20. The van der Waals surface area contributed by atoms with Gasteiger partial charge >= 0.3 is 0 Å². The van der Waals surface area contributed by atoms with Crippen molar-refractivity contribution < 1.29 is 0 Å². The Labute approximate surface area is 79.2 Å². The van der Waals surface area contributed by atoms with Gasteiger partial charge in [0.25, 0.3) is 0 Å². The summed E-state index contributed by atoms with van der Waals surface area (Å²) in [7, 11) is -2.23. The molecule has 0 saturated carbocycles. The predicted octanol–water partition coefficient (Wildman–Crippen LogP) is 3.78. The van der Waals surface area contributed by atoms with Crippen molar-refractivity contribution >= 4 is 15.2 Å². The molecule has 12 heavy (non-hydrogen) atoms. The SMILES string of the molecule is C=CC[Si](C)(C(=C)C)[Si](C)(C)C. The van der Waals surface area contributed by atoms with Crippen LogP contribution in [0.1, 0.15) is 6.92 Å². The summed E-state index contributed by atoms with van der Waals surface area (Å²) in [6, 6.07) is 1.21. The molecule has 0 aliphatic rings. The van der Waals surface area contributed by atoms with E-state index in [0.717, 1.165) is 0 Å². The summed E-state index contributed by atoms with van der Waals surface area (Å²) >= 11 is 0. The van der Waals surface area contributed by atoms with Crippen molar-refractivity contribution in [2.24, 2.45) is 0 Å². The highest BCUT2D eigenvalue weighted by atomic mass is 29.3. The van der Waals surface area contributed by atoms with Gasteiger partial charge in [0.2, 0.25) is 0 Å². The summed E-state index contributed by atoms with van der Waals surface area (Å²) in [5.41, 5.74) is 0. The average Bonchev–Trinajstić information content (AvgIpc) is 1.85. The van der Waals surface area contributed by atoms with E-state index >= 15 is 0 Å². The molecule has 0 saturated heterocycles. The van der Waals surface area contributed by atoms with Crippen LogP contribution in [0, 0.1) is 0 Å². The van der Waals surface area contributed by atoms with E-state index in [4.69, 9.17) is 0 Å². The normalized spacial score (nSPS) is 16.8. The van der Waals surface area contributed by atoms with Gasteiger partial charge < -0.3 is 0 Å². The van der Waals surface area contributed by atoms with Crippen molar-refractivity contribution in [2.45, 2.75) is 39.2 Å². The molecule has 0 aliphatic heterocycles. The van der Waals surface area contributed by atoms with Gasteiger partial charge in [0.05, 0.1) is 7.59 Å². The van der Waals surface area contributed by atoms with Crippen molar-refractivity contribution in [3.05, 3.63) is 24.4 Å². The van der Waals surface area contributed by atoms with Crippen LogP contribution in [0.15, 0.2) is 24.4 Å². The van der Waals surface area contributed by atoms with Crippen LogP contribution in [0.5, 0.6) is 0 Å². The molecule has 0 aliphatic carbocycles. The van der Waals surface area contributed by atoms with E-state index < -0.39 is 15.2 Å². The fraction of sp³-hybridized carbons (Fsp3) is 0.600. The minimum absolute atomic E-state index is 1.03. The average molecular weight is 198 g/mol. The molecule has 70 valence electrons. The summed E-state index contributed by atoms with van der Waals surface area (Å²) < 4.78 is 0. The zero-order valence-electron chi connectivity index (χ0n) is 9.20. The Balaban J connectivity index is 4.86. The lowest BCUT2D eigenvalue weighted by atomic mass is 10.7. The van der Waals surface area contributed by atoms with Crippen LogP contribution in [-0.2, 0) is 0 Å². The van der Waals surface area contributed by atoms with Crippen LogP contribution in [0.3, 0.4) is 0 Å². The molecular formula is C10H22Si2. The maximum absolute atomic E-state index is 4.16. The van der Waals surface area contributed by atoms with Gasteiger partial charge in [0, 0.05) is 7.59 Å². The van der Waals surface area contributed by atoms with Crippen molar-refractivity contribution in [3.63, 3.8) is 0 Å². The first-order valence-electron chi connectivity index (χ1n) is 4.52. The first kappa shape index (κ1) is 11.9. The van der Waals surface area contributed by atoms with Crippen LogP contribution in [0.2, 0.25) is 32.2 Å². The molecule has 0 heterocycles. The quantitative estimate of drug-likeness (QED) is 0.476. The number of hydrogen-bond donors (Lipinski definition) is 0. The first-order valence-corrected chi connectivity index (χ1v) is 11.7. The smallest absolute Gasteiger partial charge is 0.0740 e. The van der Waals surface area contributed by atoms with Gasteiger partial charge in [0.15, 0.2) is 0 Å². The third-order valence-electron chi connectivity index (χ3n) is 3.15. The van der Waals surface area contributed by atoms with Gasteiger partial charge in [-0.05, 0) is 13.0 Å². The van der Waals surface area contributed by atoms with E-state index in [0.29, 0.717) is 0 Å². The monoisotopic (exact) mass is 198 g/mol. The van der Waals surface area contributed by atoms with Gasteiger partial charge in [-0.2, -0.15) is 0 Å². The highest BCUT2D eigenvalue weighted by Crippen LogP contribution is 2.29. The van der Waals surface area contributed by atoms with Crippen LogP contribution < -0.4 is 0 Å². The molecule has 1 atom stereocenters. The molecule has 0 spiro atoms. The Morgan fingerprint density at radius 3 is 1.75 bits per heavy atom. The molecule has 0 bridgehead atoms. The molecule has 0 aromatic heterocycles. The topological polar surface area (TPSA) is 0 Å². The predicted molar refractivity (Wildman–Crippen MR) is 64.8 cm³/mol. The molecule has 0 aromatic rings. The largest absolute Gasteiger partial charge is 0.104 e. The summed E-state index contributed by atoms with van der Waals surface area (Å²) in [6.07, 6.45) is 2.08.